The van der Waals surface area contributed by atoms with Gasteiger partial charge < -0.3 is 10.5 Å². The van der Waals surface area contributed by atoms with Crippen LogP contribution in [0.4, 0.5) is 0 Å². The van der Waals surface area contributed by atoms with Crippen LogP contribution in [0.3, 0.4) is 0 Å². The molecule has 0 saturated carbocycles. The van der Waals surface area contributed by atoms with Crippen molar-refractivity contribution in [2.75, 3.05) is 7.11 Å². The topological polar surface area (TPSA) is 35.2 Å². The van der Waals surface area contributed by atoms with Crippen LogP contribution in [0.25, 0.3) is 0 Å². The third-order valence-corrected chi connectivity index (χ3v) is 3.25. The fraction of sp³-hybridized carbons (Fsp3) is 0.200. The van der Waals surface area contributed by atoms with Crippen molar-refractivity contribution in [3.8, 4) is 5.75 Å². The monoisotopic (exact) mass is 261 g/mol. The Hall–Kier alpha value is -1.51. The molecule has 1 atom stereocenters. The summed E-state index contributed by atoms with van der Waals surface area (Å²) >= 11 is 6.18. The first-order chi connectivity index (χ1) is 8.70. The second-order valence-corrected chi connectivity index (χ2v) is 4.59. The summed E-state index contributed by atoms with van der Waals surface area (Å²) in [6.45, 7) is 0. The molecule has 0 aromatic heterocycles. The predicted octanol–water partition coefficient (Wildman–Crippen LogP) is 3.59. The van der Waals surface area contributed by atoms with Gasteiger partial charge >= 0.3 is 0 Å². The first-order valence-electron chi connectivity index (χ1n) is 5.83. The third-order valence-electron chi connectivity index (χ3n) is 2.90. The molecule has 0 radical (unpaired) electrons. The smallest absolute Gasteiger partial charge is 0.119 e. The van der Waals surface area contributed by atoms with Gasteiger partial charge in [-0.25, -0.2) is 0 Å². The van der Waals surface area contributed by atoms with Crippen LogP contribution in [-0.2, 0) is 6.42 Å². The quantitative estimate of drug-likeness (QED) is 0.913. The summed E-state index contributed by atoms with van der Waals surface area (Å²) < 4.78 is 5.20. The molecule has 94 valence electrons. The summed E-state index contributed by atoms with van der Waals surface area (Å²) in [5, 5.41) is 0.680. The number of rotatable bonds is 4. The highest BCUT2D eigenvalue weighted by atomic mass is 35.5. The fourth-order valence-corrected chi connectivity index (χ4v) is 2.17. The van der Waals surface area contributed by atoms with E-state index in [2.05, 4.69) is 12.1 Å². The number of hydrogen-bond donors (Lipinski definition) is 1. The second kappa shape index (κ2) is 5.89. The molecule has 0 aliphatic rings. The summed E-state index contributed by atoms with van der Waals surface area (Å²) in [5.41, 5.74) is 8.33. The van der Waals surface area contributed by atoms with Crippen molar-refractivity contribution in [2.24, 2.45) is 5.73 Å². The van der Waals surface area contributed by atoms with Crippen LogP contribution >= 0.6 is 11.6 Å². The van der Waals surface area contributed by atoms with E-state index in [1.165, 1.54) is 5.56 Å². The molecule has 0 heterocycles. The molecule has 18 heavy (non-hydrogen) atoms. The zero-order valence-electron chi connectivity index (χ0n) is 10.3. The van der Waals surface area contributed by atoms with Crippen molar-refractivity contribution in [1.29, 1.82) is 0 Å². The predicted molar refractivity (Wildman–Crippen MR) is 75.1 cm³/mol. The molecule has 2 N–H and O–H groups in total. The van der Waals surface area contributed by atoms with E-state index in [1.54, 1.807) is 7.11 Å². The Bertz CT molecular complexity index is 513. The van der Waals surface area contributed by atoms with Crippen molar-refractivity contribution in [3.05, 3.63) is 64.7 Å². The van der Waals surface area contributed by atoms with Gasteiger partial charge in [-0.15, -0.1) is 0 Å². The molecule has 0 bridgehead atoms. The van der Waals surface area contributed by atoms with E-state index >= 15 is 0 Å². The van der Waals surface area contributed by atoms with Crippen LogP contribution in [-0.4, -0.2) is 7.11 Å². The molecule has 2 aromatic carbocycles. The number of nitrogens with two attached hydrogens (primary N) is 1. The Morgan fingerprint density at radius 2 is 1.89 bits per heavy atom. The maximum absolute atomic E-state index is 6.21. The van der Waals surface area contributed by atoms with E-state index < -0.39 is 0 Å². The number of hydrogen-bond acceptors (Lipinski definition) is 2. The molecule has 0 aliphatic carbocycles. The zero-order chi connectivity index (χ0) is 13.0. The lowest BCUT2D eigenvalue weighted by atomic mass is 9.99. The van der Waals surface area contributed by atoms with Crippen LogP contribution in [0, 0.1) is 0 Å². The van der Waals surface area contributed by atoms with Crippen molar-refractivity contribution in [1.82, 2.24) is 0 Å². The maximum Gasteiger partial charge on any atom is 0.119 e. The molecular formula is C15H16ClNO. The van der Waals surface area contributed by atoms with Crippen molar-refractivity contribution in [2.45, 2.75) is 12.5 Å². The van der Waals surface area contributed by atoms with Crippen molar-refractivity contribution in [3.63, 3.8) is 0 Å². The lowest BCUT2D eigenvalue weighted by Crippen LogP contribution is -2.14. The molecule has 2 rings (SSSR count). The fourth-order valence-electron chi connectivity index (χ4n) is 1.91. The second-order valence-electron chi connectivity index (χ2n) is 4.18. The average molecular weight is 262 g/mol. The average Bonchev–Trinajstić information content (AvgIpc) is 2.40. The Labute approximate surface area is 112 Å². The van der Waals surface area contributed by atoms with Gasteiger partial charge in [0.05, 0.1) is 7.11 Å². The summed E-state index contributed by atoms with van der Waals surface area (Å²) in [4.78, 5) is 0. The van der Waals surface area contributed by atoms with Crippen LogP contribution in [0.1, 0.15) is 17.2 Å². The Morgan fingerprint density at radius 1 is 1.17 bits per heavy atom. The SMILES string of the molecule is COc1ccc(Cl)c(C(N)Cc2ccccc2)c1. The molecule has 3 heteroatoms. The highest BCUT2D eigenvalue weighted by molar-refractivity contribution is 6.31. The minimum Gasteiger partial charge on any atom is -0.497 e. The van der Waals surface area contributed by atoms with Gasteiger partial charge in [0.2, 0.25) is 0 Å². The lowest BCUT2D eigenvalue weighted by Gasteiger charge is -2.15. The Balaban J connectivity index is 2.20. The minimum absolute atomic E-state index is 0.130. The van der Waals surface area contributed by atoms with Gasteiger partial charge in [-0.2, -0.15) is 0 Å². The number of halogens is 1. The van der Waals surface area contributed by atoms with E-state index in [9.17, 15) is 0 Å². The Morgan fingerprint density at radius 3 is 2.56 bits per heavy atom. The highest BCUT2D eigenvalue weighted by Crippen LogP contribution is 2.28. The first kappa shape index (κ1) is 12.9. The molecule has 2 nitrogen and oxygen atoms in total. The van der Waals surface area contributed by atoms with Gasteiger partial charge in [0, 0.05) is 11.1 Å². The van der Waals surface area contributed by atoms with E-state index in [0.717, 1.165) is 17.7 Å². The molecule has 0 aliphatic heterocycles. The third kappa shape index (κ3) is 3.03. The number of ether oxygens (including phenoxy) is 1. The normalized spacial score (nSPS) is 12.2. The summed E-state index contributed by atoms with van der Waals surface area (Å²) in [5.74, 6) is 0.776. The summed E-state index contributed by atoms with van der Waals surface area (Å²) in [6.07, 6.45) is 0.758. The Kier molecular flexibility index (Phi) is 4.24. The van der Waals surface area contributed by atoms with E-state index in [4.69, 9.17) is 22.1 Å². The first-order valence-corrected chi connectivity index (χ1v) is 6.21. The van der Waals surface area contributed by atoms with Gasteiger partial charge in [-0.1, -0.05) is 41.9 Å². The lowest BCUT2D eigenvalue weighted by molar-refractivity contribution is 0.414. The number of benzene rings is 2. The molecule has 0 spiro atoms. The van der Waals surface area contributed by atoms with E-state index in [0.29, 0.717) is 5.02 Å². The van der Waals surface area contributed by atoms with Gasteiger partial charge in [-0.05, 0) is 35.7 Å². The van der Waals surface area contributed by atoms with Gasteiger partial charge in [0.15, 0.2) is 0 Å². The molecule has 2 aromatic rings. The van der Waals surface area contributed by atoms with Crippen LogP contribution in [0.15, 0.2) is 48.5 Å². The van der Waals surface area contributed by atoms with Gasteiger partial charge in [0.1, 0.15) is 5.75 Å². The van der Waals surface area contributed by atoms with Crippen LogP contribution in [0.5, 0.6) is 5.75 Å². The molecule has 1 unspecified atom stereocenters. The number of methoxy groups -OCH3 is 1. The van der Waals surface area contributed by atoms with Gasteiger partial charge in [-0.3, -0.25) is 0 Å². The van der Waals surface area contributed by atoms with Gasteiger partial charge in [0.25, 0.3) is 0 Å². The minimum atomic E-state index is -0.130. The summed E-state index contributed by atoms with van der Waals surface area (Å²) in [6, 6.07) is 15.6. The van der Waals surface area contributed by atoms with E-state index in [-0.39, 0.29) is 6.04 Å². The molecule has 0 saturated heterocycles. The maximum atomic E-state index is 6.21. The largest absolute Gasteiger partial charge is 0.497 e. The molecular weight excluding hydrogens is 246 g/mol. The van der Waals surface area contributed by atoms with Crippen molar-refractivity contribution < 1.29 is 4.74 Å². The summed E-state index contributed by atoms with van der Waals surface area (Å²) in [7, 11) is 1.63. The van der Waals surface area contributed by atoms with Crippen molar-refractivity contribution >= 4 is 11.6 Å². The standard InChI is InChI=1S/C15H16ClNO/c1-18-12-7-8-14(16)13(10-12)15(17)9-11-5-3-2-4-6-11/h2-8,10,15H,9,17H2,1H3. The highest BCUT2D eigenvalue weighted by Gasteiger charge is 2.12. The zero-order valence-corrected chi connectivity index (χ0v) is 11.0. The van der Waals surface area contributed by atoms with E-state index in [1.807, 2.05) is 36.4 Å². The molecule has 0 fully saturated rings. The van der Waals surface area contributed by atoms with Crippen LogP contribution in [0.2, 0.25) is 5.02 Å². The van der Waals surface area contributed by atoms with Crippen LogP contribution < -0.4 is 10.5 Å². The molecule has 0 amide bonds.